The van der Waals surface area contributed by atoms with Crippen molar-refractivity contribution < 1.29 is 14.2 Å². The van der Waals surface area contributed by atoms with Gasteiger partial charge in [0.15, 0.2) is 11.5 Å². The molecular formula is C15H18N2O3. The number of benzene rings is 1. The van der Waals surface area contributed by atoms with E-state index in [1.54, 1.807) is 21.3 Å². The molecular weight excluding hydrogens is 256 g/mol. The van der Waals surface area contributed by atoms with E-state index in [1.165, 1.54) is 0 Å². The van der Waals surface area contributed by atoms with E-state index in [0.717, 1.165) is 16.8 Å². The van der Waals surface area contributed by atoms with Gasteiger partial charge in [-0.1, -0.05) is 0 Å². The highest BCUT2D eigenvalue weighted by atomic mass is 16.5. The molecule has 5 heteroatoms. The third-order valence-corrected chi connectivity index (χ3v) is 3.06. The molecule has 0 fully saturated rings. The maximum atomic E-state index is 6.00. The Kier molecular flexibility index (Phi) is 3.98. The number of anilines is 1. The van der Waals surface area contributed by atoms with E-state index in [0.29, 0.717) is 23.1 Å². The molecule has 1 aromatic carbocycles. The highest BCUT2D eigenvalue weighted by Gasteiger charge is 2.18. The van der Waals surface area contributed by atoms with Crippen molar-refractivity contribution in [2.24, 2.45) is 0 Å². The topological polar surface area (TPSA) is 66.6 Å². The van der Waals surface area contributed by atoms with E-state index in [2.05, 4.69) is 4.98 Å². The second-order valence-corrected chi connectivity index (χ2v) is 4.27. The first kappa shape index (κ1) is 14.0. The normalized spacial score (nSPS) is 10.2. The lowest BCUT2D eigenvalue weighted by Gasteiger charge is -2.16. The molecule has 1 aromatic heterocycles. The molecule has 0 aliphatic carbocycles. The fraction of sp³-hybridized carbons (Fsp3) is 0.267. The molecule has 0 atom stereocenters. The van der Waals surface area contributed by atoms with Gasteiger partial charge >= 0.3 is 0 Å². The van der Waals surface area contributed by atoms with Crippen molar-refractivity contribution in [2.45, 2.75) is 6.92 Å². The van der Waals surface area contributed by atoms with E-state index in [4.69, 9.17) is 19.9 Å². The minimum Gasteiger partial charge on any atom is -0.493 e. The Morgan fingerprint density at radius 3 is 2.05 bits per heavy atom. The Labute approximate surface area is 118 Å². The number of hydrogen-bond acceptors (Lipinski definition) is 5. The summed E-state index contributed by atoms with van der Waals surface area (Å²) in [4.78, 5) is 4.27. The molecule has 0 bridgehead atoms. The minimum absolute atomic E-state index is 0.454. The average molecular weight is 274 g/mol. The third-order valence-electron chi connectivity index (χ3n) is 3.06. The van der Waals surface area contributed by atoms with Gasteiger partial charge in [-0.15, -0.1) is 0 Å². The monoisotopic (exact) mass is 274 g/mol. The van der Waals surface area contributed by atoms with Gasteiger partial charge in [0.25, 0.3) is 0 Å². The van der Waals surface area contributed by atoms with Gasteiger partial charge in [-0.25, -0.2) is 4.98 Å². The summed E-state index contributed by atoms with van der Waals surface area (Å²) in [6.45, 7) is 1.89. The van der Waals surface area contributed by atoms with Crippen LogP contribution in [-0.4, -0.2) is 26.3 Å². The van der Waals surface area contributed by atoms with E-state index in [9.17, 15) is 0 Å². The van der Waals surface area contributed by atoms with Gasteiger partial charge in [0, 0.05) is 16.8 Å². The van der Waals surface area contributed by atoms with E-state index in [1.807, 2.05) is 31.2 Å². The average Bonchev–Trinajstić information content (AvgIpc) is 2.45. The molecule has 0 aliphatic rings. The van der Waals surface area contributed by atoms with Crippen LogP contribution in [0.3, 0.4) is 0 Å². The van der Waals surface area contributed by atoms with Crippen molar-refractivity contribution in [3.63, 3.8) is 0 Å². The van der Waals surface area contributed by atoms with Crippen LogP contribution in [0.5, 0.6) is 17.2 Å². The Bertz CT molecular complexity index is 627. The Morgan fingerprint density at radius 2 is 1.50 bits per heavy atom. The number of rotatable bonds is 4. The predicted molar refractivity (Wildman–Crippen MR) is 78.5 cm³/mol. The number of aryl methyl sites for hydroxylation is 1. The molecule has 106 valence electrons. The van der Waals surface area contributed by atoms with Crippen LogP contribution < -0.4 is 19.9 Å². The first-order valence-electron chi connectivity index (χ1n) is 6.14. The van der Waals surface area contributed by atoms with Crippen molar-refractivity contribution in [1.82, 2.24) is 4.98 Å². The number of nitrogens with zero attached hydrogens (tertiary/aromatic N) is 1. The van der Waals surface area contributed by atoms with Gasteiger partial charge in [-0.3, -0.25) is 0 Å². The van der Waals surface area contributed by atoms with Gasteiger partial charge < -0.3 is 19.9 Å². The summed E-state index contributed by atoms with van der Waals surface area (Å²) in [7, 11) is 4.73. The zero-order chi connectivity index (χ0) is 14.7. The summed E-state index contributed by atoms with van der Waals surface area (Å²) in [6.07, 6.45) is 0. The van der Waals surface area contributed by atoms with Gasteiger partial charge in [-0.2, -0.15) is 0 Å². The van der Waals surface area contributed by atoms with Crippen LogP contribution in [0.25, 0.3) is 11.1 Å². The molecule has 0 unspecified atom stereocenters. The van der Waals surface area contributed by atoms with Crippen LogP contribution in [0, 0.1) is 6.92 Å². The summed E-state index contributed by atoms with van der Waals surface area (Å²) in [5, 5.41) is 0. The third kappa shape index (κ3) is 2.34. The van der Waals surface area contributed by atoms with Gasteiger partial charge in [0.2, 0.25) is 5.75 Å². The van der Waals surface area contributed by atoms with Crippen LogP contribution in [0.1, 0.15) is 5.69 Å². The van der Waals surface area contributed by atoms with Crippen LogP contribution in [-0.2, 0) is 0 Å². The second kappa shape index (κ2) is 5.69. The highest BCUT2D eigenvalue weighted by molar-refractivity contribution is 5.82. The number of aromatic nitrogens is 1. The van der Waals surface area contributed by atoms with E-state index in [-0.39, 0.29) is 0 Å². The molecule has 0 saturated carbocycles. The van der Waals surface area contributed by atoms with Crippen LogP contribution in [0.15, 0.2) is 24.3 Å². The molecule has 1 heterocycles. The number of nitrogens with two attached hydrogens (primary N) is 1. The largest absolute Gasteiger partial charge is 0.493 e. The van der Waals surface area contributed by atoms with E-state index < -0.39 is 0 Å². The van der Waals surface area contributed by atoms with Crippen molar-refractivity contribution >= 4 is 5.82 Å². The summed E-state index contributed by atoms with van der Waals surface area (Å²) < 4.78 is 16.1. The predicted octanol–water partition coefficient (Wildman–Crippen LogP) is 2.67. The first-order valence-corrected chi connectivity index (χ1v) is 6.14. The molecule has 2 rings (SSSR count). The summed E-state index contributed by atoms with van der Waals surface area (Å²) >= 11 is 0. The molecule has 0 saturated heterocycles. The Morgan fingerprint density at radius 1 is 0.850 bits per heavy atom. The van der Waals surface area contributed by atoms with Gasteiger partial charge in [0.05, 0.1) is 21.3 Å². The lowest BCUT2D eigenvalue weighted by atomic mass is 10.0. The highest BCUT2D eigenvalue weighted by Crippen LogP contribution is 2.45. The molecule has 20 heavy (non-hydrogen) atoms. The number of pyridine rings is 1. The fourth-order valence-electron chi connectivity index (χ4n) is 2.12. The Balaban J connectivity index is 2.68. The lowest BCUT2D eigenvalue weighted by Crippen LogP contribution is -2.00. The van der Waals surface area contributed by atoms with Crippen LogP contribution in [0.4, 0.5) is 5.82 Å². The zero-order valence-electron chi connectivity index (χ0n) is 12.1. The van der Waals surface area contributed by atoms with E-state index >= 15 is 0 Å². The van der Waals surface area contributed by atoms with Gasteiger partial charge in [0.1, 0.15) is 5.82 Å². The van der Waals surface area contributed by atoms with Crippen LogP contribution >= 0.6 is 0 Å². The molecule has 5 nitrogen and oxygen atoms in total. The SMILES string of the molecule is COc1ccc(-c2ccc(C)nc2N)c(OC)c1OC. The number of nitrogen functional groups attached to an aromatic ring is 1. The maximum absolute atomic E-state index is 6.00. The first-order chi connectivity index (χ1) is 9.62. The molecule has 0 radical (unpaired) electrons. The van der Waals surface area contributed by atoms with Crippen molar-refractivity contribution in [1.29, 1.82) is 0 Å². The van der Waals surface area contributed by atoms with Crippen molar-refractivity contribution in [3.05, 3.63) is 30.0 Å². The summed E-state index contributed by atoms with van der Waals surface area (Å²) in [5.41, 5.74) is 8.48. The maximum Gasteiger partial charge on any atom is 0.203 e. The quantitative estimate of drug-likeness (QED) is 0.928. The molecule has 2 aromatic rings. The summed E-state index contributed by atoms with van der Waals surface area (Å²) in [6, 6.07) is 7.52. The van der Waals surface area contributed by atoms with Crippen LogP contribution in [0.2, 0.25) is 0 Å². The molecule has 0 amide bonds. The fourth-order valence-corrected chi connectivity index (χ4v) is 2.12. The number of methoxy groups -OCH3 is 3. The standard InChI is InChI=1S/C15H18N2O3/c1-9-5-6-11(15(16)17-9)10-7-8-12(18-2)14(20-4)13(10)19-3/h5-8H,1-4H3,(H2,16,17). The zero-order valence-corrected chi connectivity index (χ0v) is 12.1. The Hall–Kier alpha value is -2.43. The smallest absolute Gasteiger partial charge is 0.203 e. The summed E-state index contributed by atoms with van der Waals surface area (Å²) in [5.74, 6) is 2.17. The van der Waals surface area contributed by atoms with Crippen molar-refractivity contribution in [2.75, 3.05) is 27.1 Å². The molecule has 0 spiro atoms. The lowest BCUT2D eigenvalue weighted by molar-refractivity contribution is 0.325. The van der Waals surface area contributed by atoms with Gasteiger partial charge in [-0.05, 0) is 31.2 Å². The number of ether oxygens (including phenoxy) is 3. The molecule has 2 N–H and O–H groups in total. The molecule has 0 aliphatic heterocycles. The minimum atomic E-state index is 0.454. The van der Waals surface area contributed by atoms with Crippen molar-refractivity contribution in [3.8, 4) is 28.4 Å². The number of hydrogen-bond donors (Lipinski definition) is 1. The second-order valence-electron chi connectivity index (χ2n) is 4.27.